The van der Waals surface area contributed by atoms with Gasteiger partial charge in [-0.1, -0.05) is 23.7 Å². The molecular weight excluding hydrogens is 346 g/mol. The Hall–Kier alpha value is -2.04. The second-order valence-electron chi connectivity index (χ2n) is 6.94. The molecular formula is C21H26ClN3O. The fourth-order valence-electron chi connectivity index (χ4n) is 3.31. The van der Waals surface area contributed by atoms with Gasteiger partial charge in [0.25, 0.3) is 0 Å². The number of halogens is 1. The first-order chi connectivity index (χ1) is 12.6. The summed E-state index contributed by atoms with van der Waals surface area (Å²) in [6.07, 6.45) is 3.85. The number of piperidine rings is 1. The molecule has 0 aromatic heterocycles. The lowest BCUT2D eigenvalue weighted by atomic mass is 10.1. The molecule has 2 aromatic rings. The third-order valence-corrected chi connectivity index (χ3v) is 4.90. The Morgan fingerprint density at radius 2 is 1.69 bits per heavy atom. The Morgan fingerprint density at radius 1 is 1.04 bits per heavy atom. The molecule has 1 fully saturated rings. The predicted molar refractivity (Wildman–Crippen MR) is 109 cm³/mol. The van der Waals surface area contributed by atoms with Crippen LogP contribution in [0.3, 0.4) is 0 Å². The molecule has 1 aliphatic rings. The average molecular weight is 372 g/mol. The summed E-state index contributed by atoms with van der Waals surface area (Å²) in [6.45, 7) is 3.30. The number of rotatable bonds is 6. The Bertz CT molecular complexity index is 709. The number of benzene rings is 2. The molecule has 1 saturated heterocycles. The van der Waals surface area contributed by atoms with Crippen molar-refractivity contribution in [2.24, 2.45) is 0 Å². The van der Waals surface area contributed by atoms with Gasteiger partial charge in [-0.05, 0) is 68.3 Å². The van der Waals surface area contributed by atoms with Crippen LogP contribution < -0.4 is 10.2 Å². The fourth-order valence-corrected chi connectivity index (χ4v) is 3.44. The van der Waals surface area contributed by atoms with E-state index < -0.39 is 0 Å². The van der Waals surface area contributed by atoms with Crippen molar-refractivity contribution in [2.45, 2.75) is 25.8 Å². The molecule has 1 N–H and O–H groups in total. The lowest BCUT2D eigenvalue weighted by molar-refractivity contribution is -0.117. The van der Waals surface area contributed by atoms with Crippen LogP contribution in [0, 0.1) is 0 Å². The zero-order valence-corrected chi connectivity index (χ0v) is 16.0. The van der Waals surface area contributed by atoms with E-state index >= 15 is 0 Å². The van der Waals surface area contributed by atoms with E-state index in [0.29, 0.717) is 13.1 Å². The van der Waals surface area contributed by atoms with Crippen molar-refractivity contribution in [3.05, 3.63) is 59.1 Å². The molecule has 26 heavy (non-hydrogen) atoms. The van der Waals surface area contributed by atoms with Gasteiger partial charge in [-0.2, -0.15) is 0 Å². The molecule has 4 nitrogen and oxygen atoms in total. The largest absolute Gasteiger partial charge is 0.372 e. The van der Waals surface area contributed by atoms with E-state index in [2.05, 4.69) is 22.3 Å². The Balaban J connectivity index is 1.48. The number of nitrogens with one attached hydrogen (secondary N) is 1. The number of carbonyl (C=O) groups is 1. The zero-order valence-electron chi connectivity index (χ0n) is 15.2. The highest BCUT2D eigenvalue weighted by molar-refractivity contribution is 6.30. The SMILES string of the molecule is CN(CC(=O)Nc1ccc(N2CCCCC2)cc1)Cc1ccc(Cl)cc1. The minimum absolute atomic E-state index is 0.00724. The second-order valence-corrected chi connectivity index (χ2v) is 7.38. The predicted octanol–water partition coefficient (Wildman–Crippen LogP) is 4.40. The molecule has 138 valence electrons. The van der Waals surface area contributed by atoms with E-state index in [1.807, 2.05) is 48.3 Å². The maximum Gasteiger partial charge on any atom is 0.238 e. The molecule has 5 heteroatoms. The first-order valence-electron chi connectivity index (χ1n) is 9.18. The van der Waals surface area contributed by atoms with Crippen LogP contribution in [0.15, 0.2) is 48.5 Å². The van der Waals surface area contributed by atoms with Gasteiger partial charge in [-0.25, -0.2) is 0 Å². The highest BCUT2D eigenvalue weighted by Gasteiger charge is 2.11. The van der Waals surface area contributed by atoms with Crippen LogP contribution in [0.4, 0.5) is 11.4 Å². The van der Waals surface area contributed by atoms with Crippen LogP contribution in [0.1, 0.15) is 24.8 Å². The number of nitrogens with zero attached hydrogens (tertiary/aromatic N) is 2. The fraction of sp³-hybridized carbons (Fsp3) is 0.381. The lowest BCUT2D eigenvalue weighted by Crippen LogP contribution is -2.30. The summed E-state index contributed by atoms with van der Waals surface area (Å²) >= 11 is 5.90. The number of hydrogen-bond donors (Lipinski definition) is 1. The average Bonchev–Trinajstić information content (AvgIpc) is 2.65. The maximum atomic E-state index is 12.3. The Kier molecular flexibility index (Phi) is 6.53. The smallest absolute Gasteiger partial charge is 0.238 e. The molecule has 0 spiro atoms. The molecule has 3 rings (SSSR count). The first kappa shape index (κ1) is 18.7. The van der Waals surface area contributed by atoms with Gasteiger partial charge in [0.1, 0.15) is 0 Å². The summed E-state index contributed by atoms with van der Waals surface area (Å²) < 4.78 is 0. The van der Waals surface area contributed by atoms with Crippen LogP contribution in [-0.2, 0) is 11.3 Å². The number of anilines is 2. The van der Waals surface area contributed by atoms with Gasteiger partial charge in [-0.15, -0.1) is 0 Å². The van der Waals surface area contributed by atoms with Crippen LogP contribution in [0.25, 0.3) is 0 Å². The van der Waals surface area contributed by atoms with Crippen LogP contribution >= 0.6 is 11.6 Å². The number of amides is 1. The molecule has 1 aliphatic heterocycles. The quantitative estimate of drug-likeness (QED) is 0.817. The van der Waals surface area contributed by atoms with E-state index in [1.54, 1.807) is 0 Å². The van der Waals surface area contributed by atoms with Gasteiger partial charge >= 0.3 is 0 Å². The van der Waals surface area contributed by atoms with E-state index in [0.717, 1.165) is 29.4 Å². The van der Waals surface area contributed by atoms with E-state index in [4.69, 9.17) is 11.6 Å². The monoisotopic (exact) mass is 371 g/mol. The van der Waals surface area contributed by atoms with Gasteiger partial charge in [0.05, 0.1) is 6.54 Å². The van der Waals surface area contributed by atoms with Crippen LogP contribution in [0.2, 0.25) is 5.02 Å². The number of likely N-dealkylation sites (N-methyl/N-ethyl adjacent to an activating group) is 1. The minimum Gasteiger partial charge on any atom is -0.372 e. The zero-order chi connectivity index (χ0) is 18.4. The third kappa shape index (κ3) is 5.48. The molecule has 2 aromatic carbocycles. The van der Waals surface area contributed by atoms with Gasteiger partial charge < -0.3 is 10.2 Å². The van der Waals surface area contributed by atoms with E-state index in [9.17, 15) is 4.79 Å². The van der Waals surface area contributed by atoms with Gasteiger partial charge in [0.2, 0.25) is 5.91 Å². The third-order valence-electron chi connectivity index (χ3n) is 4.65. The molecule has 0 saturated carbocycles. The maximum absolute atomic E-state index is 12.3. The number of carbonyl (C=O) groups excluding carboxylic acids is 1. The summed E-state index contributed by atoms with van der Waals surface area (Å²) in [6, 6.07) is 15.9. The van der Waals surface area contributed by atoms with Crippen molar-refractivity contribution in [3.8, 4) is 0 Å². The molecule has 0 bridgehead atoms. The topological polar surface area (TPSA) is 35.6 Å². The Labute approximate surface area is 160 Å². The molecule has 0 radical (unpaired) electrons. The van der Waals surface area contributed by atoms with Crippen LogP contribution in [0.5, 0.6) is 0 Å². The first-order valence-corrected chi connectivity index (χ1v) is 9.56. The molecule has 0 atom stereocenters. The summed E-state index contributed by atoms with van der Waals surface area (Å²) in [5.41, 5.74) is 3.22. The molecule has 0 aliphatic carbocycles. The van der Waals surface area contributed by atoms with Crippen LogP contribution in [-0.4, -0.2) is 37.5 Å². The molecule has 1 amide bonds. The summed E-state index contributed by atoms with van der Waals surface area (Å²) in [5.74, 6) is -0.00724. The lowest BCUT2D eigenvalue weighted by Gasteiger charge is -2.28. The van der Waals surface area contributed by atoms with E-state index in [1.165, 1.54) is 24.9 Å². The summed E-state index contributed by atoms with van der Waals surface area (Å²) in [7, 11) is 1.94. The van der Waals surface area contributed by atoms with Crippen molar-refractivity contribution in [3.63, 3.8) is 0 Å². The normalized spacial score (nSPS) is 14.5. The summed E-state index contributed by atoms with van der Waals surface area (Å²) in [4.78, 5) is 16.7. The van der Waals surface area contributed by atoms with E-state index in [-0.39, 0.29) is 5.91 Å². The Morgan fingerprint density at radius 3 is 2.35 bits per heavy atom. The van der Waals surface area contributed by atoms with Crippen molar-refractivity contribution >= 4 is 28.9 Å². The highest BCUT2D eigenvalue weighted by atomic mass is 35.5. The summed E-state index contributed by atoms with van der Waals surface area (Å²) in [5, 5.41) is 3.70. The van der Waals surface area contributed by atoms with Gasteiger partial charge in [-0.3, -0.25) is 9.69 Å². The number of hydrogen-bond acceptors (Lipinski definition) is 3. The standard InChI is InChI=1S/C21H26ClN3O/c1-24(15-17-5-7-18(22)8-6-17)16-21(26)23-19-9-11-20(12-10-19)25-13-3-2-4-14-25/h5-12H,2-4,13-16H2,1H3,(H,23,26). The van der Waals surface area contributed by atoms with Crippen molar-refractivity contribution < 1.29 is 4.79 Å². The molecule has 1 heterocycles. The van der Waals surface area contributed by atoms with Crippen molar-refractivity contribution in [2.75, 3.05) is 36.9 Å². The minimum atomic E-state index is -0.00724. The molecule has 0 unspecified atom stereocenters. The highest BCUT2D eigenvalue weighted by Crippen LogP contribution is 2.21. The van der Waals surface area contributed by atoms with Gasteiger partial charge in [0.15, 0.2) is 0 Å². The van der Waals surface area contributed by atoms with Crippen molar-refractivity contribution in [1.29, 1.82) is 0 Å². The van der Waals surface area contributed by atoms with Gasteiger partial charge in [0, 0.05) is 36.0 Å². The van der Waals surface area contributed by atoms with Crippen molar-refractivity contribution in [1.82, 2.24) is 4.90 Å². The second kappa shape index (κ2) is 9.06.